The number of rotatable bonds is 8. The number of benzene rings is 1. The molecule has 0 unspecified atom stereocenters. The molecule has 1 aromatic rings. The van der Waals surface area contributed by atoms with Crippen LogP contribution in [0.3, 0.4) is 0 Å². The number of anilines is 1. The second kappa shape index (κ2) is 9.78. The molecule has 0 saturated heterocycles. The van der Waals surface area contributed by atoms with Crippen LogP contribution in [0.15, 0.2) is 12.1 Å². The second-order valence-corrected chi connectivity index (χ2v) is 4.88. The third kappa shape index (κ3) is 6.23. The number of urea groups is 1. The van der Waals surface area contributed by atoms with E-state index in [2.05, 4.69) is 10.6 Å². The number of hydrogen-bond donors (Lipinski definition) is 2. The monoisotopic (exact) mass is 344 g/mol. The number of halogens is 1. The molecule has 2 amide bonds. The van der Waals surface area contributed by atoms with Crippen LogP contribution in [0.5, 0.6) is 11.5 Å². The third-order valence-corrected chi connectivity index (χ3v) is 3.17. The van der Waals surface area contributed by atoms with Crippen molar-refractivity contribution >= 4 is 29.3 Å². The van der Waals surface area contributed by atoms with Crippen molar-refractivity contribution in [2.75, 3.05) is 32.7 Å². The average molecular weight is 345 g/mol. The van der Waals surface area contributed by atoms with Crippen LogP contribution in [-0.4, -0.2) is 39.4 Å². The molecule has 0 aliphatic rings. The Labute approximate surface area is 140 Å². The standard InChI is InChI=1S/C15H21ClN2O5/c1-4-23-14(19)6-5-7-17-15(20)18-11-8-10(16)12(21-2)9-13(11)22-3/h8-9H,4-7H2,1-3H3,(H2,17,18,20). The summed E-state index contributed by atoms with van der Waals surface area (Å²) in [4.78, 5) is 23.0. The van der Waals surface area contributed by atoms with Crippen molar-refractivity contribution in [1.82, 2.24) is 5.32 Å². The van der Waals surface area contributed by atoms with Crippen molar-refractivity contribution in [1.29, 1.82) is 0 Å². The molecule has 23 heavy (non-hydrogen) atoms. The lowest BCUT2D eigenvalue weighted by Crippen LogP contribution is -2.30. The molecule has 128 valence electrons. The zero-order valence-electron chi connectivity index (χ0n) is 13.4. The van der Waals surface area contributed by atoms with E-state index in [1.54, 1.807) is 13.0 Å². The zero-order valence-corrected chi connectivity index (χ0v) is 14.2. The molecule has 0 atom stereocenters. The maximum absolute atomic E-state index is 11.8. The van der Waals surface area contributed by atoms with Crippen LogP contribution >= 0.6 is 11.6 Å². The average Bonchev–Trinajstić information content (AvgIpc) is 2.52. The van der Waals surface area contributed by atoms with Gasteiger partial charge in [0.25, 0.3) is 0 Å². The van der Waals surface area contributed by atoms with E-state index in [4.69, 9.17) is 25.8 Å². The quantitative estimate of drug-likeness (QED) is 0.559. The van der Waals surface area contributed by atoms with Crippen LogP contribution in [0, 0.1) is 0 Å². The van der Waals surface area contributed by atoms with Gasteiger partial charge in [-0.25, -0.2) is 4.79 Å². The molecule has 2 N–H and O–H groups in total. The largest absolute Gasteiger partial charge is 0.495 e. The first-order valence-electron chi connectivity index (χ1n) is 7.13. The molecule has 7 nitrogen and oxygen atoms in total. The van der Waals surface area contributed by atoms with Crippen LogP contribution in [0.4, 0.5) is 10.5 Å². The molecule has 0 saturated carbocycles. The Hall–Kier alpha value is -2.15. The highest BCUT2D eigenvalue weighted by molar-refractivity contribution is 6.32. The Balaban J connectivity index is 2.51. The van der Waals surface area contributed by atoms with Gasteiger partial charge < -0.3 is 24.8 Å². The number of esters is 1. The summed E-state index contributed by atoms with van der Waals surface area (Å²) in [6, 6.07) is 2.70. The first-order chi connectivity index (χ1) is 11.0. The highest BCUT2D eigenvalue weighted by Gasteiger charge is 2.12. The van der Waals surface area contributed by atoms with Gasteiger partial charge in [-0.3, -0.25) is 4.79 Å². The molecule has 0 aliphatic carbocycles. The topological polar surface area (TPSA) is 85.9 Å². The summed E-state index contributed by atoms with van der Waals surface area (Å²) in [6.45, 7) is 2.44. The molecule has 0 bridgehead atoms. The van der Waals surface area contributed by atoms with Gasteiger partial charge >= 0.3 is 12.0 Å². The maximum atomic E-state index is 11.8. The molecule has 0 heterocycles. The van der Waals surface area contributed by atoms with Gasteiger partial charge in [-0.1, -0.05) is 11.6 Å². The molecule has 1 aromatic carbocycles. The van der Waals surface area contributed by atoms with Crippen molar-refractivity contribution in [3.8, 4) is 11.5 Å². The Morgan fingerprint density at radius 3 is 2.48 bits per heavy atom. The fourth-order valence-corrected chi connectivity index (χ4v) is 2.03. The molecule has 1 rings (SSSR count). The summed E-state index contributed by atoms with van der Waals surface area (Å²) in [5, 5.41) is 5.63. The van der Waals surface area contributed by atoms with Gasteiger partial charge in [0, 0.05) is 19.0 Å². The summed E-state index contributed by atoms with van der Waals surface area (Å²) in [6.07, 6.45) is 0.749. The number of methoxy groups -OCH3 is 2. The van der Waals surface area contributed by atoms with Crippen LogP contribution < -0.4 is 20.1 Å². The zero-order chi connectivity index (χ0) is 17.2. The van der Waals surface area contributed by atoms with E-state index in [0.29, 0.717) is 41.8 Å². The van der Waals surface area contributed by atoms with Crippen molar-refractivity contribution < 1.29 is 23.8 Å². The smallest absolute Gasteiger partial charge is 0.319 e. The van der Waals surface area contributed by atoms with Gasteiger partial charge in [-0.15, -0.1) is 0 Å². The van der Waals surface area contributed by atoms with Gasteiger partial charge in [-0.2, -0.15) is 0 Å². The number of amides is 2. The minimum atomic E-state index is -0.423. The van der Waals surface area contributed by atoms with Crippen molar-refractivity contribution in [3.05, 3.63) is 17.2 Å². The van der Waals surface area contributed by atoms with Gasteiger partial charge in [0.15, 0.2) is 0 Å². The molecule has 0 aliphatic heterocycles. The summed E-state index contributed by atoms with van der Waals surface area (Å²) in [7, 11) is 2.97. The van der Waals surface area contributed by atoms with Crippen molar-refractivity contribution in [3.63, 3.8) is 0 Å². The third-order valence-electron chi connectivity index (χ3n) is 2.87. The first kappa shape index (κ1) is 18.9. The SMILES string of the molecule is CCOC(=O)CCCNC(=O)Nc1cc(Cl)c(OC)cc1OC. The predicted molar refractivity (Wildman–Crippen MR) is 87.4 cm³/mol. The normalized spacial score (nSPS) is 9.91. The first-order valence-corrected chi connectivity index (χ1v) is 7.51. The van der Waals surface area contributed by atoms with E-state index in [-0.39, 0.29) is 12.4 Å². The minimum Gasteiger partial charge on any atom is -0.495 e. The highest BCUT2D eigenvalue weighted by Crippen LogP contribution is 2.35. The highest BCUT2D eigenvalue weighted by atomic mass is 35.5. The minimum absolute atomic E-state index is 0.256. The second-order valence-electron chi connectivity index (χ2n) is 4.48. The van der Waals surface area contributed by atoms with E-state index < -0.39 is 6.03 Å². The van der Waals surface area contributed by atoms with E-state index in [0.717, 1.165) is 0 Å². The van der Waals surface area contributed by atoms with Crippen molar-refractivity contribution in [2.24, 2.45) is 0 Å². The molecule has 0 aromatic heterocycles. The molecular weight excluding hydrogens is 324 g/mol. The predicted octanol–water partition coefficient (Wildman–Crippen LogP) is 2.82. The Kier molecular flexibility index (Phi) is 8.04. The van der Waals surface area contributed by atoms with E-state index in [1.165, 1.54) is 20.3 Å². The number of carbonyl (C=O) groups excluding carboxylic acids is 2. The molecule has 0 spiro atoms. The van der Waals surface area contributed by atoms with E-state index in [9.17, 15) is 9.59 Å². The van der Waals surface area contributed by atoms with Crippen LogP contribution in [0.25, 0.3) is 0 Å². The van der Waals surface area contributed by atoms with Crippen molar-refractivity contribution in [2.45, 2.75) is 19.8 Å². The van der Waals surface area contributed by atoms with E-state index >= 15 is 0 Å². The molecule has 8 heteroatoms. The lowest BCUT2D eigenvalue weighted by atomic mass is 10.2. The number of nitrogens with one attached hydrogen (secondary N) is 2. The summed E-state index contributed by atoms with van der Waals surface area (Å²) >= 11 is 6.03. The number of ether oxygens (including phenoxy) is 3. The summed E-state index contributed by atoms with van der Waals surface area (Å²) in [5.74, 6) is 0.593. The van der Waals surface area contributed by atoms with Gasteiger partial charge in [0.1, 0.15) is 11.5 Å². The lowest BCUT2D eigenvalue weighted by molar-refractivity contribution is -0.143. The number of hydrogen-bond acceptors (Lipinski definition) is 5. The number of carbonyl (C=O) groups is 2. The van der Waals surface area contributed by atoms with Crippen LogP contribution in [0.2, 0.25) is 5.02 Å². The lowest BCUT2D eigenvalue weighted by Gasteiger charge is -2.13. The Morgan fingerprint density at radius 2 is 1.87 bits per heavy atom. The van der Waals surface area contributed by atoms with Crippen LogP contribution in [0.1, 0.15) is 19.8 Å². The summed E-state index contributed by atoms with van der Waals surface area (Å²) < 4.78 is 15.1. The van der Waals surface area contributed by atoms with E-state index in [1.807, 2.05) is 0 Å². The Morgan fingerprint density at radius 1 is 1.17 bits per heavy atom. The molecule has 0 fully saturated rings. The maximum Gasteiger partial charge on any atom is 0.319 e. The van der Waals surface area contributed by atoms with Gasteiger partial charge in [-0.05, 0) is 19.4 Å². The molecule has 0 radical (unpaired) electrons. The Bertz CT molecular complexity index is 551. The summed E-state index contributed by atoms with van der Waals surface area (Å²) in [5.41, 5.74) is 0.418. The van der Waals surface area contributed by atoms with Gasteiger partial charge in [0.05, 0.1) is 31.5 Å². The van der Waals surface area contributed by atoms with Crippen LogP contribution in [-0.2, 0) is 9.53 Å². The molecular formula is C15H21ClN2O5. The van der Waals surface area contributed by atoms with Gasteiger partial charge in [0.2, 0.25) is 0 Å². The fraction of sp³-hybridized carbons (Fsp3) is 0.467. The fourth-order valence-electron chi connectivity index (χ4n) is 1.79.